The number of methoxy groups -OCH3 is 1. The molecule has 212 valence electrons. The molecule has 0 spiro atoms. The molecule has 1 heterocycles. The van der Waals surface area contributed by atoms with Crippen molar-refractivity contribution < 1.29 is 27.7 Å². The minimum Gasteiger partial charge on any atom is -0.508 e. The molecule has 0 amide bonds. The second-order valence-corrected chi connectivity index (χ2v) is 11.8. The number of ether oxygens (including phenoxy) is 3. The average molecular weight is 584 g/mol. The van der Waals surface area contributed by atoms with Crippen LogP contribution in [0.15, 0.2) is 77.7 Å². The molecule has 1 N–H and O–H groups in total. The molecular formula is C31H34ClNO6S. The third-order valence-corrected chi connectivity index (χ3v) is 8.13. The number of nitrogens with zero attached hydrogens (tertiary/aromatic N) is 1. The third-order valence-electron chi connectivity index (χ3n) is 7.00. The average Bonchev–Trinajstić information content (AvgIpc) is 2.93. The molecule has 0 bridgehead atoms. The molecule has 1 aliphatic heterocycles. The van der Waals surface area contributed by atoms with Gasteiger partial charge in [-0.2, -0.15) is 0 Å². The van der Waals surface area contributed by atoms with Gasteiger partial charge in [0.2, 0.25) is 0 Å². The summed E-state index contributed by atoms with van der Waals surface area (Å²) < 4.78 is 42.2. The molecule has 40 heavy (non-hydrogen) atoms. The maximum atomic E-state index is 12.2. The number of hydrogen-bond donors (Lipinski definition) is 1. The van der Waals surface area contributed by atoms with Crippen molar-refractivity contribution >= 4 is 33.0 Å². The Kier molecular flexibility index (Phi) is 9.45. The Hall–Kier alpha value is -3.46. The van der Waals surface area contributed by atoms with E-state index in [0.29, 0.717) is 18.1 Å². The Labute approximate surface area is 241 Å². The standard InChI is InChI=1S/C31H33NO6S.ClH/c1-36-29-21-23(7-15-30(29)39(2,34)35)27-13-6-22-20-24(33)8-14-28(22)31(27)38-26-11-9-25(10-12-26)37-19-18-32-16-4-3-5-17-32;/h6-15,20-21,33H,3-5,16-19H2,1-2H3;1H. The molecule has 1 aliphatic rings. The van der Waals surface area contributed by atoms with E-state index in [9.17, 15) is 13.5 Å². The van der Waals surface area contributed by atoms with Crippen LogP contribution in [0.1, 0.15) is 19.3 Å². The van der Waals surface area contributed by atoms with Crippen molar-refractivity contribution in [1.29, 1.82) is 0 Å². The minimum absolute atomic E-state index is 0. The molecular weight excluding hydrogens is 550 g/mol. The first-order chi connectivity index (χ1) is 18.8. The molecule has 5 rings (SSSR count). The van der Waals surface area contributed by atoms with Crippen LogP contribution < -0.4 is 14.2 Å². The fourth-order valence-electron chi connectivity index (χ4n) is 4.96. The van der Waals surface area contributed by atoms with Crippen LogP contribution in [0.3, 0.4) is 0 Å². The lowest BCUT2D eigenvalue weighted by Gasteiger charge is -2.26. The molecule has 1 saturated heterocycles. The molecule has 7 nitrogen and oxygen atoms in total. The Morgan fingerprint density at radius 1 is 0.875 bits per heavy atom. The molecule has 4 aromatic rings. The summed E-state index contributed by atoms with van der Waals surface area (Å²) in [4.78, 5) is 2.57. The van der Waals surface area contributed by atoms with Crippen molar-refractivity contribution in [3.63, 3.8) is 0 Å². The van der Waals surface area contributed by atoms with E-state index in [1.54, 1.807) is 30.3 Å². The van der Waals surface area contributed by atoms with Gasteiger partial charge < -0.3 is 19.3 Å². The van der Waals surface area contributed by atoms with Gasteiger partial charge in [-0.15, -0.1) is 12.4 Å². The summed E-state index contributed by atoms with van der Waals surface area (Å²) in [6, 6.07) is 21.4. The number of benzene rings is 4. The van der Waals surface area contributed by atoms with Gasteiger partial charge in [-0.3, -0.25) is 4.90 Å². The Balaban J connectivity index is 0.00000370. The summed E-state index contributed by atoms with van der Waals surface area (Å²) in [5, 5.41) is 11.6. The highest BCUT2D eigenvalue weighted by Crippen LogP contribution is 2.42. The zero-order chi connectivity index (χ0) is 27.4. The number of aromatic hydroxyl groups is 1. The van der Waals surface area contributed by atoms with Crippen LogP contribution in [0.4, 0.5) is 0 Å². The number of halogens is 1. The molecule has 0 saturated carbocycles. The smallest absolute Gasteiger partial charge is 0.179 e. The zero-order valence-corrected chi connectivity index (χ0v) is 24.3. The first kappa shape index (κ1) is 29.5. The van der Waals surface area contributed by atoms with Gasteiger partial charge in [-0.25, -0.2) is 8.42 Å². The van der Waals surface area contributed by atoms with E-state index in [4.69, 9.17) is 14.2 Å². The number of fused-ring (bicyclic) bond motifs is 1. The fourth-order valence-corrected chi connectivity index (χ4v) is 5.79. The van der Waals surface area contributed by atoms with Crippen LogP contribution in [0.25, 0.3) is 21.9 Å². The van der Waals surface area contributed by atoms with Crippen molar-refractivity contribution in [3.05, 3.63) is 72.8 Å². The summed E-state index contributed by atoms with van der Waals surface area (Å²) in [6.45, 7) is 3.85. The van der Waals surface area contributed by atoms with E-state index in [1.807, 2.05) is 42.5 Å². The number of likely N-dealkylation sites (tertiary alicyclic amines) is 1. The number of sulfone groups is 1. The van der Waals surface area contributed by atoms with Crippen molar-refractivity contribution in [3.8, 4) is 39.9 Å². The number of hydrogen-bond acceptors (Lipinski definition) is 7. The lowest BCUT2D eigenvalue weighted by Crippen LogP contribution is -2.33. The molecule has 1 fully saturated rings. The summed E-state index contributed by atoms with van der Waals surface area (Å²) in [7, 11) is -2.01. The van der Waals surface area contributed by atoms with Gasteiger partial charge in [0, 0.05) is 23.8 Å². The van der Waals surface area contributed by atoms with Crippen molar-refractivity contribution in [2.24, 2.45) is 0 Å². The van der Waals surface area contributed by atoms with E-state index in [1.165, 1.54) is 26.4 Å². The number of phenols is 1. The van der Waals surface area contributed by atoms with E-state index < -0.39 is 9.84 Å². The van der Waals surface area contributed by atoms with Crippen LogP contribution in [0.2, 0.25) is 0 Å². The monoisotopic (exact) mass is 583 g/mol. The first-order valence-corrected chi connectivity index (χ1v) is 15.0. The highest BCUT2D eigenvalue weighted by Gasteiger charge is 2.18. The molecule has 0 aliphatic carbocycles. The lowest BCUT2D eigenvalue weighted by atomic mass is 9.99. The number of rotatable bonds is 9. The van der Waals surface area contributed by atoms with Crippen molar-refractivity contribution in [1.82, 2.24) is 4.90 Å². The molecule has 0 unspecified atom stereocenters. The largest absolute Gasteiger partial charge is 0.508 e. The molecule has 4 aromatic carbocycles. The number of phenolic OH excluding ortho intramolecular Hbond substituents is 1. The topological polar surface area (TPSA) is 85.3 Å². The lowest BCUT2D eigenvalue weighted by molar-refractivity contribution is 0.183. The second kappa shape index (κ2) is 12.8. The van der Waals surface area contributed by atoms with Gasteiger partial charge in [-0.05, 0) is 97.5 Å². The fraction of sp³-hybridized carbons (Fsp3) is 0.290. The highest BCUT2D eigenvalue weighted by atomic mass is 35.5. The Morgan fingerprint density at radius 2 is 1.60 bits per heavy atom. The molecule has 0 aromatic heterocycles. The van der Waals surface area contributed by atoms with Crippen molar-refractivity contribution in [2.75, 3.05) is 39.6 Å². The van der Waals surface area contributed by atoms with Crippen LogP contribution in [0.5, 0.6) is 28.7 Å². The molecule has 0 radical (unpaired) electrons. The quantitative estimate of drug-likeness (QED) is 0.234. The van der Waals surface area contributed by atoms with E-state index in [0.717, 1.165) is 53.5 Å². The minimum atomic E-state index is -3.46. The summed E-state index contributed by atoms with van der Waals surface area (Å²) >= 11 is 0. The number of piperidine rings is 1. The Bertz CT molecular complexity index is 1570. The van der Waals surface area contributed by atoms with Gasteiger partial charge in [-0.1, -0.05) is 18.6 Å². The first-order valence-electron chi connectivity index (χ1n) is 13.1. The van der Waals surface area contributed by atoms with Crippen LogP contribution in [0, 0.1) is 0 Å². The Morgan fingerprint density at radius 3 is 2.30 bits per heavy atom. The summed E-state index contributed by atoms with van der Waals surface area (Å²) in [5.74, 6) is 2.41. The maximum Gasteiger partial charge on any atom is 0.179 e. The van der Waals surface area contributed by atoms with E-state index in [2.05, 4.69) is 4.90 Å². The van der Waals surface area contributed by atoms with E-state index in [-0.39, 0.29) is 28.8 Å². The second-order valence-electron chi connectivity index (χ2n) is 9.81. The summed E-state index contributed by atoms with van der Waals surface area (Å²) in [5.41, 5.74) is 1.50. The van der Waals surface area contributed by atoms with Crippen LogP contribution in [-0.4, -0.2) is 58.0 Å². The zero-order valence-electron chi connectivity index (χ0n) is 22.6. The van der Waals surface area contributed by atoms with Gasteiger partial charge in [0.05, 0.1) is 7.11 Å². The SMILES string of the molecule is COc1cc(-c2ccc3cc(O)ccc3c2Oc2ccc(OCCN3CCCCC3)cc2)ccc1S(C)(=O)=O.Cl. The van der Waals surface area contributed by atoms with Crippen molar-refractivity contribution in [2.45, 2.75) is 24.2 Å². The summed E-state index contributed by atoms with van der Waals surface area (Å²) in [6.07, 6.45) is 4.99. The highest BCUT2D eigenvalue weighted by molar-refractivity contribution is 7.90. The molecule has 9 heteroatoms. The normalized spacial score (nSPS) is 13.9. The predicted octanol–water partition coefficient (Wildman–Crippen LogP) is 6.70. The van der Waals surface area contributed by atoms with E-state index >= 15 is 0 Å². The van der Waals surface area contributed by atoms with Gasteiger partial charge >= 0.3 is 0 Å². The third kappa shape index (κ3) is 6.81. The van der Waals surface area contributed by atoms with Gasteiger partial charge in [0.25, 0.3) is 0 Å². The molecule has 0 atom stereocenters. The predicted molar refractivity (Wildman–Crippen MR) is 160 cm³/mol. The van der Waals surface area contributed by atoms with Crippen LogP contribution in [-0.2, 0) is 9.84 Å². The van der Waals surface area contributed by atoms with Crippen LogP contribution >= 0.6 is 12.4 Å². The van der Waals surface area contributed by atoms with Gasteiger partial charge in [0.15, 0.2) is 9.84 Å². The van der Waals surface area contributed by atoms with Gasteiger partial charge in [0.1, 0.15) is 40.2 Å². The maximum absolute atomic E-state index is 12.2.